The van der Waals surface area contributed by atoms with Crippen LogP contribution in [0.1, 0.15) is 5.56 Å². The smallest absolute Gasteiger partial charge is 0.157 e. The minimum Gasteiger partial charge on any atom is -0.337 e. The lowest BCUT2D eigenvalue weighted by molar-refractivity contribution is 1.23. The summed E-state index contributed by atoms with van der Waals surface area (Å²) in [5.41, 5.74) is 3.65. The van der Waals surface area contributed by atoms with Gasteiger partial charge in [0.1, 0.15) is 5.69 Å². The molecule has 5 heteroatoms. The molecule has 0 saturated carbocycles. The SMILES string of the molecule is Cc1c(Cl)ccc2[nH]c(-c3ccc(Br)cn3)nc12. The molecule has 0 spiro atoms. The molecule has 3 rings (SSSR count). The van der Waals surface area contributed by atoms with Crippen LogP contribution >= 0.6 is 27.5 Å². The van der Waals surface area contributed by atoms with Gasteiger partial charge in [0.25, 0.3) is 0 Å². The fourth-order valence-corrected chi connectivity index (χ4v) is 2.21. The molecule has 0 aliphatic rings. The Hall–Kier alpha value is -1.39. The van der Waals surface area contributed by atoms with E-state index < -0.39 is 0 Å². The second kappa shape index (κ2) is 4.37. The van der Waals surface area contributed by atoms with Crippen LogP contribution in [-0.2, 0) is 0 Å². The highest BCUT2D eigenvalue weighted by Gasteiger charge is 2.09. The highest BCUT2D eigenvalue weighted by atomic mass is 79.9. The third-order valence-electron chi connectivity index (χ3n) is 2.81. The maximum Gasteiger partial charge on any atom is 0.157 e. The van der Waals surface area contributed by atoms with Crippen molar-refractivity contribution in [3.63, 3.8) is 0 Å². The zero-order chi connectivity index (χ0) is 12.7. The van der Waals surface area contributed by atoms with Crippen molar-refractivity contribution in [1.29, 1.82) is 0 Å². The van der Waals surface area contributed by atoms with E-state index in [0.717, 1.165) is 37.6 Å². The van der Waals surface area contributed by atoms with Gasteiger partial charge in [0.15, 0.2) is 5.82 Å². The van der Waals surface area contributed by atoms with E-state index in [1.807, 2.05) is 31.2 Å². The van der Waals surface area contributed by atoms with Crippen LogP contribution < -0.4 is 0 Å². The van der Waals surface area contributed by atoms with Crippen molar-refractivity contribution in [2.45, 2.75) is 6.92 Å². The molecule has 0 fully saturated rings. The van der Waals surface area contributed by atoms with Gasteiger partial charge in [0.2, 0.25) is 0 Å². The van der Waals surface area contributed by atoms with Gasteiger partial charge in [-0.15, -0.1) is 0 Å². The highest BCUT2D eigenvalue weighted by molar-refractivity contribution is 9.10. The lowest BCUT2D eigenvalue weighted by atomic mass is 10.2. The van der Waals surface area contributed by atoms with Gasteiger partial charge < -0.3 is 4.98 Å². The monoisotopic (exact) mass is 321 g/mol. The molecule has 2 aromatic heterocycles. The van der Waals surface area contributed by atoms with Crippen molar-refractivity contribution < 1.29 is 0 Å². The Kier molecular flexibility index (Phi) is 2.84. The molecule has 0 aliphatic heterocycles. The molecule has 18 heavy (non-hydrogen) atoms. The van der Waals surface area contributed by atoms with E-state index in [1.54, 1.807) is 6.20 Å². The van der Waals surface area contributed by atoms with Crippen LogP contribution in [0.25, 0.3) is 22.6 Å². The van der Waals surface area contributed by atoms with Crippen molar-refractivity contribution in [2.24, 2.45) is 0 Å². The minimum atomic E-state index is 0.726. The molecule has 0 bridgehead atoms. The van der Waals surface area contributed by atoms with Gasteiger partial charge in [-0.2, -0.15) is 0 Å². The first-order valence-corrected chi connectivity index (χ1v) is 6.59. The average Bonchev–Trinajstić information content (AvgIpc) is 2.80. The van der Waals surface area contributed by atoms with E-state index in [4.69, 9.17) is 11.6 Å². The number of pyridine rings is 1. The standard InChI is InChI=1S/C13H9BrClN3/c1-7-9(15)3-5-10-12(7)18-13(17-10)11-4-2-8(14)6-16-11/h2-6H,1H3,(H,17,18). The normalized spacial score (nSPS) is 11.1. The van der Waals surface area contributed by atoms with Gasteiger partial charge in [0.05, 0.1) is 11.0 Å². The van der Waals surface area contributed by atoms with Crippen LogP contribution in [0.15, 0.2) is 34.9 Å². The molecule has 1 N–H and O–H groups in total. The number of H-pyrrole nitrogens is 1. The Balaban J connectivity index is 2.19. The van der Waals surface area contributed by atoms with Crippen molar-refractivity contribution in [1.82, 2.24) is 15.0 Å². The maximum absolute atomic E-state index is 6.09. The van der Waals surface area contributed by atoms with Crippen LogP contribution in [0.2, 0.25) is 5.02 Å². The van der Waals surface area contributed by atoms with Gasteiger partial charge >= 0.3 is 0 Å². The Morgan fingerprint density at radius 2 is 2.06 bits per heavy atom. The van der Waals surface area contributed by atoms with Gasteiger partial charge in [-0.3, -0.25) is 4.98 Å². The predicted octanol–water partition coefficient (Wildman–Crippen LogP) is 4.35. The molecular formula is C13H9BrClN3. The Labute approximate surface area is 117 Å². The second-order valence-corrected chi connectivity index (χ2v) is 5.34. The first kappa shape index (κ1) is 11.7. The summed E-state index contributed by atoms with van der Waals surface area (Å²) in [5.74, 6) is 0.753. The Morgan fingerprint density at radius 1 is 1.22 bits per heavy atom. The van der Waals surface area contributed by atoms with Crippen molar-refractivity contribution in [3.8, 4) is 11.5 Å². The summed E-state index contributed by atoms with van der Waals surface area (Å²) in [6, 6.07) is 7.66. The number of hydrogen-bond donors (Lipinski definition) is 1. The summed E-state index contributed by atoms with van der Waals surface area (Å²) in [4.78, 5) is 12.1. The maximum atomic E-state index is 6.09. The number of fused-ring (bicyclic) bond motifs is 1. The molecule has 0 aliphatic carbocycles. The number of imidazole rings is 1. The second-order valence-electron chi connectivity index (χ2n) is 4.02. The van der Waals surface area contributed by atoms with E-state index in [-0.39, 0.29) is 0 Å². The zero-order valence-electron chi connectivity index (χ0n) is 9.54. The highest BCUT2D eigenvalue weighted by Crippen LogP contribution is 2.26. The molecule has 3 aromatic rings. The van der Waals surface area contributed by atoms with Crippen molar-refractivity contribution >= 4 is 38.6 Å². The van der Waals surface area contributed by atoms with Gasteiger partial charge in [-0.05, 0) is 52.7 Å². The molecule has 1 aromatic carbocycles. The predicted molar refractivity (Wildman–Crippen MR) is 76.8 cm³/mol. The van der Waals surface area contributed by atoms with Gasteiger partial charge in [-0.25, -0.2) is 4.98 Å². The number of aryl methyl sites for hydroxylation is 1. The van der Waals surface area contributed by atoms with E-state index >= 15 is 0 Å². The lowest BCUT2D eigenvalue weighted by Crippen LogP contribution is -1.84. The summed E-state index contributed by atoms with van der Waals surface area (Å²) in [6.45, 7) is 1.96. The van der Waals surface area contributed by atoms with Crippen LogP contribution in [0, 0.1) is 6.92 Å². The van der Waals surface area contributed by atoms with Crippen molar-refractivity contribution in [2.75, 3.05) is 0 Å². The fraction of sp³-hybridized carbons (Fsp3) is 0.0769. The zero-order valence-corrected chi connectivity index (χ0v) is 11.9. The summed E-state index contributed by atoms with van der Waals surface area (Å²) in [6.07, 6.45) is 1.75. The molecule has 90 valence electrons. The molecule has 0 atom stereocenters. The molecule has 2 heterocycles. The van der Waals surface area contributed by atoms with Crippen LogP contribution in [0.3, 0.4) is 0 Å². The third kappa shape index (κ3) is 1.91. The number of aromatic nitrogens is 3. The number of nitrogens with one attached hydrogen (secondary N) is 1. The number of halogens is 2. The van der Waals surface area contributed by atoms with Gasteiger partial charge in [0, 0.05) is 15.7 Å². The molecule has 0 amide bonds. The van der Waals surface area contributed by atoms with E-state index in [1.165, 1.54) is 0 Å². The van der Waals surface area contributed by atoms with Crippen molar-refractivity contribution in [3.05, 3.63) is 45.5 Å². The molecule has 0 radical (unpaired) electrons. The average molecular weight is 323 g/mol. The summed E-state index contributed by atoms with van der Waals surface area (Å²) >= 11 is 9.45. The number of rotatable bonds is 1. The number of nitrogens with zero attached hydrogens (tertiary/aromatic N) is 2. The van der Waals surface area contributed by atoms with Crippen LogP contribution in [-0.4, -0.2) is 15.0 Å². The molecule has 0 unspecified atom stereocenters. The molecule has 0 saturated heterocycles. The molecular weight excluding hydrogens is 314 g/mol. The van der Waals surface area contributed by atoms with Crippen LogP contribution in [0.5, 0.6) is 0 Å². The molecule has 3 nitrogen and oxygen atoms in total. The Morgan fingerprint density at radius 3 is 2.78 bits per heavy atom. The van der Waals surface area contributed by atoms with E-state index in [0.29, 0.717) is 0 Å². The van der Waals surface area contributed by atoms with Gasteiger partial charge in [-0.1, -0.05) is 11.6 Å². The summed E-state index contributed by atoms with van der Waals surface area (Å²) < 4.78 is 0.946. The fourth-order valence-electron chi connectivity index (χ4n) is 1.83. The lowest BCUT2D eigenvalue weighted by Gasteiger charge is -1.96. The first-order chi connectivity index (χ1) is 8.65. The quantitative estimate of drug-likeness (QED) is 0.723. The third-order valence-corrected chi connectivity index (χ3v) is 3.69. The minimum absolute atomic E-state index is 0.726. The van der Waals surface area contributed by atoms with E-state index in [9.17, 15) is 0 Å². The summed E-state index contributed by atoms with van der Waals surface area (Å²) in [7, 11) is 0. The number of hydrogen-bond acceptors (Lipinski definition) is 2. The Bertz CT molecular complexity index is 719. The largest absolute Gasteiger partial charge is 0.337 e. The van der Waals surface area contributed by atoms with E-state index in [2.05, 4.69) is 30.9 Å². The number of benzene rings is 1. The van der Waals surface area contributed by atoms with Crippen LogP contribution in [0.4, 0.5) is 0 Å². The summed E-state index contributed by atoms with van der Waals surface area (Å²) in [5, 5.41) is 0.726. The first-order valence-electron chi connectivity index (χ1n) is 5.42. The number of aromatic amines is 1. The topological polar surface area (TPSA) is 41.6 Å².